The molecule has 6 heteroatoms. The zero-order chi connectivity index (χ0) is 20.1. The second kappa shape index (κ2) is 8.73. The average molecular weight is 387 g/mol. The monoisotopic (exact) mass is 386 g/mol. The van der Waals surface area contributed by atoms with E-state index in [0.717, 1.165) is 54.0 Å². The molecule has 3 aromatic heterocycles. The molecule has 0 bridgehead atoms. The third-order valence-electron chi connectivity index (χ3n) is 5.00. The number of hydrogen-bond acceptors (Lipinski definition) is 5. The van der Waals surface area contributed by atoms with E-state index >= 15 is 0 Å². The quantitative estimate of drug-likeness (QED) is 0.469. The van der Waals surface area contributed by atoms with Gasteiger partial charge < -0.3 is 15.6 Å². The van der Waals surface area contributed by atoms with E-state index in [-0.39, 0.29) is 0 Å². The molecule has 0 aliphatic heterocycles. The SMILES string of the molecule is CCCCc1nc2c(N)nc(NCc3ccncc3)cc2n1Cc1ccccc1. The van der Waals surface area contributed by atoms with E-state index in [1.165, 1.54) is 5.56 Å². The normalized spacial score (nSPS) is 11.1. The smallest absolute Gasteiger partial charge is 0.154 e. The number of nitrogens with one attached hydrogen (secondary N) is 1. The van der Waals surface area contributed by atoms with Crippen molar-refractivity contribution < 1.29 is 0 Å². The van der Waals surface area contributed by atoms with E-state index in [9.17, 15) is 0 Å². The Morgan fingerprint density at radius 3 is 2.55 bits per heavy atom. The van der Waals surface area contributed by atoms with Crippen LogP contribution in [0.1, 0.15) is 36.7 Å². The summed E-state index contributed by atoms with van der Waals surface area (Å²) in [5.74, 6) is 2.28. The Morgan fingerprint density at radius 2 is 1.79 bits per heavy atom. The predicted molar refractivity (Wildman–Crippen MR) is 118 cm³/mol. The number of aryl methyl sites for hydroxylation is 1. The number of fused-ring (bicyclic) bond motifs is 1. The summed E-state index contributed by atoms with van der Waals surface area (Å²) in [6, 6.07) is 16.5. The standard InChI is InChI=1S/C23H26N6/c1-2-3-9-21-28-22-19(29(21)16-18-7-5-4-6-8-18)14-20(27-23(22)24)26-15-17-10-12-25-13-11-17/h4-8,10-14H,2-3,9,15-16H2,1H3,(H3,24,26,27). The number of pyridine rings is 2. The summed E-state index contributed by atoms with van der Waals surface area (Å²) < 4.78 is 2.27. The van der Waals surface area contributed by atoms with E-state index in [1.807, 2.05) is 18.2 Å². The molecule has 0 unspecified atom stereocenters. The number of nitrogens with two attached hydrogens (primary N) is 1. The molecule has 4 rings (SSSR count). The molecule has 0 fully saturated rings. The number of anilines is 2. The van der Waals surface area contributed by atoms with Crippen LogP contribution in [0.5, 0.6) is 0 Å². The number of imidazole rings is 1. The van der Waals surface area contributed by atoms with Gasteiger partial charge in [-0.25, -0.2) is 9.97 Å². The van der Waals surface area contributed by atoms with Crippen molar-refractivity contribution in [1.82, 2.24) is 19.5 Å². The van der Waals surface area contributed by atoms with Gasteiger partial charge in [-0.2, -0.15) is 0 Å². The molecule has 0 atom stereocenters. The molecule has 6 nitrogen and oxygen atoms in total. The maximum absolute atomic E-state index is 6.29. The van der Waals surface area contributed by atoms with E-state index in [0.29, 0.717) is 12.4 Å². The summed E-state index contributed by atoms with van der Waals surface area (Å²) in [7, 11) is 0. The first-order valence-electron chi connectivity index (χ1n) is 10.1. The third-order valence-corrected chi connectivity index (χ3v) is 5.00. The number of hydrogen-bond donors (Lipinski definition) is 2. The first kappa shape index (κ1) is 18.9. The van der Waals surface area contributed by atoms with Crippen molar-refractivity contribution >= 4 is 22.7 Å². The fourth-order valence-corrected chi connectivity index (χ4v) is 3.44. The number of benzene rings is 1. The highest BCUT2D eigenvalue weighted by molar-refractivity contribution is 5.88. The predicted octanol–water partition coefficient (Wildman–Crippen LogP) is 4.41. The minimum absolute atomic E-state index is 0.462. The lowest BCUT2D eigenvalue weighted by Crippen LogP contribution is -2.07. The van der Waals surface area contributed by atoms with Gasteiger partial charge in [0.05, 0.1) is 5.52 Å². The molecule has 0 saturated carbocycles. The van der Waals surface area contributed by atoms with Gasteiger partial charge in [0.1, 0.15) is 17.2 Å². The highest BCUT2D eigenvalue weighted by Gasteiger charge is 2.15. The lowest BCUT2D eigenvalue weighted by atomic mass is 10.2. The van der Waals surface area contributed by atoms with Crippen molar-refractivity contribution in [3.63, 3.8) is 0 Å². The molecule has 0 saturated heterocycles. The van der Waals surface area contributed by atoms with Crippen LogP contribution in [0.25, 0.3) is 11.0 Å². The average Bonchev–Trinajstić information content (AvgIpc) is 3.10. The first-order chi connectivity index (χ1) is 14.2. The summed E-state index contributed by atoms with van der Waals surface area (Å²) in [6.07, 6.45) is 6.73. The summed E-state index contributed by atoms with van der Waals surface area (Å²) >= 11 is 0. The summed E-state index contributed by atoms with van der Waals surface area (Å²) in [5.41, 5.74) is 10.5. The topological polar surface area (TPSA) is 81.7 Å². The first-order valence-corrected chi connectivity index (χ1v) is 10.1. The Bertz CT molecular complexity index is 1070. The van der Waals surface area contributed by atoms with Gasteiger partial charge in [-0.05, 0) is 29.7 Å². The van der Waals surface area contributed by atoms with Crippen molar-refractivity contribution in [3.05, 3.63) is 77.9 Å². The third kappa shape index (κ3) is 4.37. The molecule has 4 aromatic rings. The fourth-order valence-electron chi connectivity index (χ4n) is 3.44. The maximum Gasteiger partial charge on any atom is 0.154 e. The number of rotatable bonds is 8. The number of nitrogens with zero attached hydrogens (tertiary/aromatic N) is 4. The van der Waals surface area contributed by atoms with Gasteiger partial charge in [-0.15, -0.1) is 0 Å². The fraction of sp³-hybridized carbons (Fsp3) is 0.261. The van der Waals surface area contributed by atoms with Gasteiger partial charge in [0, 0.05) is 38.0 Å². The van der Waals surface area contributed by atoms with Gasteiger partial charge >= 0.3 is 0 Å². The minimum atomic E-state index is 0.462. The molecule has 0 aliphatic carbocycles. The van der Waals surface area contributed by atoms with Crippen LogP contribution >= 0.6 is 0 Å². The van der Waals surface area contributed by atoms with Crippen molar-refractivity contribution in [3.8, 4) is 0 Å². The van der Waals surface area contributed by atoms with Gasteiger partial charge in [-0.3, -0.25) is 4.98 Å². The summed E-state index contributed by atoms with van der Waals surface area (Å²) in [6.45, 7) is 3.63. The molecule has 148 valence electrons. The van der Waals surface area contributed by atoms with E-state index in [1.54, 1.807) is 12.4 Å². The molecular weight excluding hydrogens is 360 g/mol. The molecule has 0 amide bonds. The van der Waals surface area contributed by atoms with Crippen molar-refractivity contribution in [2.45, 2.75) is 39.3 Å². The molecule has 3 heterocycles. The molecule has 29 heavy (non-hydrogen) atoms. The highest BCUT2D eigenvalue weighted by Crippen LogP contribution is 2.26. The lowest BCUT2D eigenvalue weighted by molar-refractivity contribution is 0.690. The minimum Gasteiger partial charge on any atom is -0.382 e. The Labute approximate surface area is 170 Å². The largest absolute Gasteiger partial charge is 0.382 e. The number of nitrogen functional groups attached to an aromatic ring is 1. The van der Waals surface area contributed by atoms with E-state index in [4.69, 9.17) is 10.7 Å². The van der Waals surface area contributed by atoms with Crippen LogP contribution in [0.2, 0.25) is 0 Å². The Kier molecular flexibility index (Phi) is 5.70. The molecule has 0 aliphatic rings. The zero-order valence-electron chi connectivity index (χ0n) is 16.7. The van der Waals surface area contributed by atoms with Gasteiger partial charge in [0.15, 0.2) is 5.82 Å². The van der Waals surface area contributed by atoms with Crippen LogP contribution in [0.15, 0.2) is 60.9 Å². The Hall–Kier alpha value is -3.41. The molecular formula is C23H26N6. The van der Waals surface area contributed by atoms with Crippen LogP contribution in [0.3, 0.4) is 0 Å². The van der Waals surface area contributed by atoms with Gasteiger partial charge in [-0.1, -0.05) is 43.7 Å². The van der Waals surface area contributed by atoms with Crippen LogP contribution in [-0.2, 0) is 19.5 Å². The zero-order valence-corrected chi connectivity index (χ0v) is 16.7. The maximum atomic E-state index is 6.29. The molecule has 0 spiro atoms. The summed E-state index contributed by atoms with van der Waals surface area (Å²) in [4.78, 5) is 13.4. The second-order valence-electron chi connectivity index (χ2n) is 7.17. The van der Waals surface area contributed by atoms with E-state index < -0.39 is 0 Å². The van der Waals surface area contributed by atoms with Crippen molar-refractivity contribution in [2.75, 3.05) is 11.1 Å². The van der Waals surface area contributed by atoms with Crippen molar-refractivity contribution in [2.24, 2.45) is 0 Å². The molecule has 0 radical (unpaired) electrons. The van der Waals surface area contributed by atoms with Crippen LogP contribution in [0.4, 0.5) is 11.6 Å². The van der Waals surface area contributed by atoms with Gasteiger partial charge in [0.2, 0.25) is 0 Å². The summed E-state index contributed by atoms with van der Waals surface area (Å²) in [5, 5.41) is 3.38. The van der Waals surface area contributed by atoms with Gasteiger partial charge in [0.25, 0.3) is 0 Å². The number of aromatic nitrogens is 4. The Morgan fingerprint density at radius 1 is 1.00 bits per heavy atom. The van der Waals surface area contributed by atoms with Crippen LogP contribution in [-0.4, -0.2) is 19.5 Å². The number of unbranched alkanes of at least 4 members (excludes halogenated alkanes) is 1. The molecule has 1 aromatic carbocycles. The highest BCUT2D eigenvalue weighted by atomic mass is 15.1. The second-order valence-corrected chi connectivity index (χ2v) is 7.17. The van der Waals surface area contributed by atoms with Crippen LogP contribution in [0, 0.1) is 0 Å². The van der Waals surface area contributed by atoms with Crippen LogP contribution < -0.4 is 11.1 Å². The Balaban J connectivity index is 1.70. The lowest BCUT2D eigenvalue weighted by Gasteiger charge is -2.11. The molecule has 3 N–H and O–H groups in total. The van der Waals surface area contributed by atoms with Crippen molar-refractivity contribution in [1.29, 1.82) is 0 Å². The van der Waals surface area contributed by atoms with E-state index in [2.05, 4.69) is 57.1 Å².